The van der Waals surface area contributed by atoms with E-state index in [4.69, 9.17) is 4.74 Å². The number of rotatable bonds is 11. The van der Waals surface area contributed by atoms with Crippen molar-refractivity contribution in [3.05, 3.63) is 65.2 Å². The van der Waals surface area contributed by atoms with Crippen LogP contribution in [-0.4, -0.2) is 35.9 Å². The zero-order chi connectivity index (χ0) is 21.9. The van der Waals surface area contributed by atoms with Crippen LogP contribution in [0.3, 0.4) is 0 Å². The molecule has 0 aromatic heterocycles. The summed E-state index contributed by atoms with van der Waals surface area (Å²) in [6.45, 7) is 8.90. The van der Waals surface area contributed by atoms with Crippen LogP contribution < -0.4 is 10.1 Å². The van der Waals surface area contributed by atoms with Gasteiger partial charge in [-0.15, -0.1) is 0 Å². The summed E-state index contributed by atoms with van der Waals surface area (Å²) < 4.78 is 5.85. The molecule has 2 aromatic carbocycles. The summed E-state index contributed by atoms with van der Waals surface area (Å²) in [6, 6.07) is 15.0. The monoisotopic (exact) mass is 410 g/mol. The Balaban J connectivity index is 2.17. The normalized spacial score (nSPS) is 11.6. The maximum Gasteiger partial charge on any atom is 0.261 e. The molecule has 0 unspecified atom stereocenters. The zero-order valence-corrected chi connectivity index (χ0v) is 18.6. The number of ether oxygens (including phenoxy) is 1. The van der Waals surface area contributed by atoms with Crippen molar-refractivity contribution in [2.45, 2.75) is 59.5 Å². The highest BCUT2D eigenvalue weighted by Gasteiger charge is 2.28. The highest BCUT2D eigenvalue weighted by atomic mass is 16.5. The van der Waals surface area contributed by atoms with E-state index in [0.717, 1.165) is 29.5 Å². The number of nitrogens with one attached hydrogen (secondary N) is 1. The van der Waals surface area contributed by atoms with Crippen molar-refractivity contribution in [1.82, 2.24) is 10.2 Å². The number of carbonyl (C=O) groups is 2. The van der Waals surface area contributed by atoms with Crippen molar-refractivity contribution in [2.75, 3.05) is 13.2 Å². The molecule has 0 spiro atoms. The van der Waals surface area contributed by atoms with Gasteiger partial charge >= 0.3 is 0 Å². The number of unbranched alkanes of at least 4 members (excludes halogenated alkanes) is 1. The van der Waals surface area contributed by atoms with E-state index in [9.17, 15) is 9.59 Å². The minimum absolute atomic E-state index is 0.101. The molecule has 0 aliphatic rings. The molecule has 1 atom stereocenters. The van der Waals surface area contributed by atoms with Gasteiger partial charge in [0.1, 0.15) is 11.8 Å². The molecule has 5 heteroatoms. The molecule has 30 heavy (non-hydrogen) atoms. The highest BCUT2D eigenvalue weighted by molar-refractivity contribution is 5.88. The molecule has 2 rings (SSSR count). The van der Waals surface area contributed by atoms with Gasteiger partial charge in [-0.25, -0.2) is 0 Å². The molecule has 2 aromatic rings. The average molecular weight is 411 g/mol. The fourth-order valence-electron chi connectivity index (χ4n) is 3.31. The van der Waals surface area contributed by atoms with E-state index < -0.39 is 6.04 Å². The van der Waals surface area contributed by atoms with Crippen LogP contribution in [0.15, 0.2) is 48.5 Å². The topological polar surface area (TPSA) is 58.6 Å². The van der Waals surface area contributed by atoms with E-state index >= 15 is 0 Å². The molecular formula is C25H34N2O3. The third kappa shape index (κ3) is 6.61. The van der Waals surface area contributed by atoms with E-state index in [-0.39, 0.29) is 18.4 Å². The number of benzene rings is 2. The molecule has 0 aliphatic carbocycles. The van der Waals surface area contributed by atoms with E-state index in [0.29, 0.717) is 25.3 Å². The van der Waals surface area contributed by atoms with Crippen LogP contribution in [-0.2, 0) is 16.1 Å². The van der Waals surface area contributed by atoms with E-state index in [1.54, 1.807) is 4.90 Å². The zero-order valence-electron chi connectivity index (χ0n) is 18.6. The first-order valence-corrected chi connectivity index (χ1v) is 10.8. The second kappa shape index (κ2) is 12.0. The standard InChI is InChI=1S/C25H34N2O3/c1-5-7-16-26-25(29)22(6-2)27(17-21-13-9-8-10-14-21)24(28)18-30-23-15-11-12-19(3)20(23)4/h8-15,22H,5-7,16-18H2,1-4H3,(H,26,29)/t22-/m0/s1. The van der Waals surface area contributed by atoms with Gasteiger partial charge in [0, 0.05) is 13.1 Å². The number of aryl methyl sites for hydroxylation is 1. The number of amides is 2. The molecule has 1 N–H and O–H groups in total. The molecule has 0 radical (unpaired) electrons. The predicted molar refractivity (Wildman–Crippen MR) is 120 cm³/mol. The molecule has 2 amide bonds. The number of carbonyl (C=O) groups excluding carboxylic acids is 2. The van der Waals surface area contributed by atoms with E-state index in [1.165, 1.54) is 0 Å². The van der Waals surface area contributed by atoms with Crippen LogP contribution in [0.4, 0.5) is 0 Å². The summed E-state index contributed by atoms with van der Waals surface area (Å²) >= 11 is 0. The second-order valence-electron chi connectivity index (χ2n) is 7.56. The Morgan fingerprint density at radius 2 is 1.77 bits per heavy atom. The first-order valence-electron chi connectivity index (χ1n) is 10.8. The molecule has 162 valence electrons. The molecule has 0 fully saturated rings. The van der Waals surface area contributed by atoms with Gasteiger partial charge in [0.2, 0.25) is 5.91 Å². The van der Waals surface area contributed by atoms with E-state index in [1.807, 2.05) is 69.3 Å². The van der Waals surface area contributed by atoms with Crippen LogP contribution in [0.25, 0.3) is 0 Å². The Bertz CT molecular complexity index is 820. The summed E-state index contributed by atoms with van der Waals surface area (Å²) in [5.74, 6) is 0.391. The van der Waals surface area contributed by atoms with Crippen molar-refractivity contribution in [1.29, 1.82) is 0 Å². The van der Waals surface area contributed by atoms with Crippen molar-refractivity contribution in [3.63, 3.8) is 0 Å². The third-order valence-electron chi connectivity index (χ3n) is 5.32. The summed E-state index contributed by atoms with van der Waals surface area (Å²) in [7, 11) is 0. The van der Waals surface area contributed by atoms with Gasteiger partial charge in [0.05, 0.1) is 0 Å². The molecule has 0 saturated carbocycles. The van der Waals surface area contributed by atoms with Crippen molar-refractivity contribution in [3.8, 4) is 5.75 Å². The Hall–Kier alpha value is -2.82. The van der Waals surface area contributed by atoms with Crippen molar-refractivity contribution in [2.24, 2.45) is 0 Å². The van der Waals surface area contributed by atoms with Gasteiger partial charge in [-0.3, -0.25) is 9.59 Å². The maximum atomic E-state index is 13.2. The Kier molecular flexibility index (Phi) is 9.39. The summed E-state index contributed by atoms with van der Waals surface area (Å²) in [4.78, 5) is 27.6. The van der Waals surface area contributed by atoms with Gasteiger partial charge in [-0.05, 0) is 49.4 Å². The Labute approximate surface area is 180 Å². The lowest BCUT2D eigenvalue weighted by atomic mass is 10.1. The molecule has 0 aliphatic heterocycles. The largest absolute Gasteiger partial charge is 0.483 e. The Morgan fingerprint density at radius 3 is 2.43 bits per heavy atom. The lowest BCUT2D eigenvalue weighted by Gasteiger charge is -2.30. The van der Waals surface area contributed by atoms with Crippen LogP contribution >= 0.6 is 0 Å². The molecule has 5 nitrogen and oxygen atoms in total. The summed E-state index contributed by atoms with van der Waals surface area (Å²) in [6.07, 6.45) is 2.47. The maximum absolute atomic E-state index is 13.2. The quantitative estimate of drug-likeness (QED) is 0.559. The molecule has 0 bridgehead atoms. The number of nitrogens with zero attached hydrogens (tertiary/aromatic N) is 1. The van der Waals surface area contributed by atoms with E-state index in [2.05, 4.69) is 12.2 Å². The van der Waals surface area contributed by atoms with Crippen LogP contribution in [0.5, 0.6) is 5.75 Å². The van der Waals surface area contributed by atoms with Crippen molar-refractivity contribution >= 4 is 11.8 Å². The lowest BCUT2D eigenvalue weighted by molar-refractivity contribution is -0.143. The van der Waals surface area contributed by atoms with Gasteiger partial charge in [0.25, 0.3) is 5.91 Å². The first-order chi connectivity index (χ1) is 14.5. The minimum Gasteiger partial charge on any atom is -0.483 e. The van der Waals surface area contributed by atoms with Gasteiger partial charge in [-0.1, -0.05) is 62.7 Å². The lowest BCUT2D eigenvalue weighted by Crippen LogP contribution is -2.50. The summed E-state index contributed by atoms with van der Waals surface area (Å²) in [5, 5.41) is 2.97. The fourth-order valence-corrected chi connectivity index (χ4v) is 3.31. The van der Waals surface area contributed by atoms with Crippen LogP contribution in [0.2, 0.25) is 0 Å². The Morgan fingerprint density at radius 1 is 1.03 bits per heavy atom. The number of hydrogen-bond donors (Lipinski definition) is 1. The highest BCUT2D eigenvalue weighted by Crippen LogP contribution is 2.21. The minimum atomic E-state index is -0.531. The van der Waals surface area contributed by atoms with Crippen molar-refractivity contribution < 1.29 is 14.3 Å². The van der Waals surface area contributed by atoms with Gasteiger partial charge in [-0.2, -0.15) is 0 Å². The SMILES string of the molecule is CCCCNC(=O)[C@H](CC)N(Cc1ccccc1)C(=O)COc1cccc(C)c1C. The van der Waals surface area contributed by atoms with Gasteiger partial charge in [0.15, 0.2) is 6.61 Å². The second-order valence-corrected chi connectivity index (χ2v) is 7.56. The summed E-state index contributed by atoms with van der Waals surface area (Å²) in [5.41, 5.74) is 3.12. The fraction of sp³-hybridized carbons (Fsp3) is 0.440. The third-order valence-corrected chi connectivity index (χ3v) is 5.32. The van der Waals surface area contributed by atoms with Gasteiger partial charge < -0.3 is 15.0 Å². The predicted octanol–water partition coefficient (Wildman–Crippen LogP) is 4.41. The van der Waals surface area contributed by atoms with Crippen LogP contribution in [0, 0.1) is 13.8 Å². The molecule has 0 saturated heterocycles. The molecule has 0 heterocycles. The molecular weight excluding hydrogens is 376 g/mol. The number of hydrogen-bond acceptors (Lipinski definition) is 3. The average Bonchev–Trinajstić information content (AvgIpc) is 2.75. The van der Waals surface area contributed by atoms with Crippen LogP contribution in [0.1, 0.15) is 49.8 Å². The first kappa shape index (κ1) is 23.5. The smallest absolute Gasteiger partial charge is 0.261 e.